The first-order valence-corrected chi connectivity index (χ1v) is 12.7. The molecular weight excluding hydrogens is 535 g/mol. The number of nitrogens with zero attached hydrogens (tertiary/aromatic N) is 4. The molecule has 206 valence electrons. The van der Waals surface area contributed by atoms with Crippen LogP contribution in [0.1, 0.15) is 24.4 Å². The molecule has 2 aliphatic rings. The van der Waals surface area contributed by atoms with E-state index in [1.165, 1.54) is 20.3 Å². The highest BCUT2D eigenvalue weighted by Crippen LogP contribution is 2.39. The number of methoxy groups -OCH3 is 2. The molecular formula is C26H26F3N5O4S. The van der Waals surface area contributed by atoms with Crippen LogP contribution in [0.15, 0.2) is 36.4 Å². The molecule has 5 rings (SSSR count). The summed E-state index contributed by atoms with van der Waals surface area (Å²) in [4.78, 5) is 33.9. The Labute approximate surface area is 227 Å². The van der Waals surface area contributed by atoms with E-state index in [0.29, 0.717) is 60.1 Å². The number of aromatic nitrogens is 2. The number of nitrogens with one attached hydrogen (secondary N) is 1. The minimum Gasteiger partial charge on any atom is -0.493 e. The molecule has 3 aromatic rings. The van der Waals surface area contributed by atoms with E-state index >= 15 is 0 Å². The van der Waals surface area contributed by atoms with Gasteiger partial charge in [-0.15, -0.1) is 0 Å². The van der Waals surface area contributed by atoms with Crippen LogP contribution in [0, 0.1) is 4.77 Å². The summed E-state index contributed by atoms with van der Waals surface area (Å²) >= 11 is 5.49. The maximum absolute atomic E-state index is 13.1. The Hall–Kier alpha value is -3.87. The molecule has 0 radical (unpaired) electrons. The topological polar surface area (TPSA) is 88.9 Å². The molecule has 1 unspecified atom stereocenters. The molecule has 0 saturated carbocycles. The van der Waals surface area contributed by atoms with Gasteiger partial charge in [0.25, 0.3) is 0 Å². The molecule has 13 heteroatoms. The number of rotatable bonds is 6. The molecule has 1 saturated heterocycles. The summed E-state index contributed by atoms with van der Waals surface area (Å²) in [5.41, 5.74) is 0.311. The van der Waals surface area contributed by atoms with Crippen LogP contribution < -0.4 is 19.7 Å². The van der Waals surface area contributed by atoms with Crippen molar-refractivity contribution in [1.29, 1.82) is 0 Å². The third-order valence-corrected chi connectivity index (χ3v) is 7.37. The fourth-order valence-electron chi connectivity index (χ4n) is 5.04. The summed E-state index contributed by atoms with van der Waals surface area (Å²) in [6, 6.07) is 7.89. The Bertz CT molecular complexity index is 1500. The minimum absolute atomic E-state index is 0.104. The fourth-order valence-corrected chi connectivity index (χ4v) is 5.36. The average Bonchev–Trinajstić information content (AvgIpc) is 3.27. The quantitative estimate of drug-likeness (QED) is 0.446. The van der Waals surface area contributed by atoms with E-state index in [1.54, 1.807) is 27.7 Å². The number of hydrogen-bond donors (Lipinski definition) is 1. The van der Waals surface area contributed by atoms with E-state index in [4.69, 9.17) is 21.7 Å². The number of amides is 2. The number of carbonyl (C=O) groups excluding carboxylic acids is 2. The number of piperazine rings is 1. The summed E-state index contributed by atoms with van der Waals surface area (Å²) in [5, 5.41) is 3.51. The number of ether oxygens (including phenoxy) is 2. The number of halogens is 3. The molecule has 1 atom stereocenters. The van der Waals surface area contributed by atoms with E-state index in [1.807, 2.05) is 4.90 Å². The standard InChI is InChI=1S/C26H26F3N5O4S/c1-37-20-13-17-18(14-21(20)38-2)30-25(39)34-19(24(36)31-23(17)34)6-7-22(35)33-10-8-32(9-11-33)16-5-3-4-15(12-16)26(27,28)29/h3-5,12-14,19H,6-11H2,1-2H3,(H,31,36). The Morgan fingerprint density at radius 3 is 2.46 bits per heavy atom. The number of benzene rings is 2. The molecule has 1 fully saturated rings. The van der Waals surface area contributed by atoms with Gasteiger partial charge >= 0.3 is 6.18 Å². The van der Waals surface area contributed by atoms with Crippen LogP contribution in [0.25, 0.3) is 10.9 Å². The molecule has 3 heterocycles. The van der Waals surface area contributed by atoms with Gasteiger partial charge in [0.15, 0.2) is 11.5 Å². The first-order chi connectivity index (χ1) is 18.6. The lowest BCUT2D eigenvalue weighted by Gasteiger charge is -2.36. The second-order valence-corrected chi connectivity index (χ2v) is 9.66. The van der Waals surface area contributed by atoms with Gasteiger partial charge in [0.2, 0.25) is 16.6 Å². The van der Waals surface area contributed by atoms with Crippen molar-refractivity contribution < 1.29 is 32.2 Å². The van der Waals surface area contributed by atoms with Gasteiger partial charge in [-0.1, -0.05) is 6.07 Å². The molecule has 2 aliphatic heterocycles. The second-order valence-electron chi connectivity index (χ2n) is 9.30. The lowest BCUT2D eigenvalue weighted by atomic mass is 10.1. The molecule has 2 aromatic carbocycles. The lowest BCUT2D eigenvalue weighted by molar-refractivity contribution is -0.137. The van der Waals surface area contributed by atoms with Gasteiger partial charge in [-0.2, -0.15) is 13.2 Å². The zero-order chi connectivity index (χ0) is 27.9. The molecule has 0 spiro atoms. The van der Waals surface area contributed by atoms with Gasteiger partial charge in [-0.3, -0.25) is 14.2 Å². The molecule has 0 aliphatic carbocycles. The van der Waals surface area contributed by atoms with E-state index < -0.39 is 17.8 Å². The lowest BCUT2D eigenvalue weighted by Crippen LogP contribution is -2.48. The van der Waals surface area contributed by atoms with Crippen molar-refractivity contribution in [3.8, 4) is 11.5 Å². The summed E-state index contributed by atoms with van der Waals surface area (Å²) < 4.78 is 51.8. The first kappa shape index (κ1) is 26.7. The zero-order valence-electron chi connectivity index (χ0n) is 21.2. The normalized spacial score (nSPS) is 17.3. The van der Waals surface area contributed by atoms with Crippen LogP contribution in [0.3, 0.4) is 0 Å². The van der Waals surface area contributed by atoms with Crippen LogP contribution in [0.2, 0.25) is 0 Å². The highest BCUT2D eigenvalue weighted by Gasteiger charge is 2.34. The first-order valence-electron chi connectivity index (χ1n) is 12.3. The predicted molar refractivity (Wildman–Crippen MR) is 141 cm³/mol. The third-order valence-electron chi connectivity index (χ3n) is 7.08. The van der Waals surface area contributed by atoms with Crippen LogP contribution in [-0.2, 0) is 15.8 Å². The van der Waals surface area contributed by atoms with Gasteiger partial charge in [0, 0.05) is 49.7 Å². The molecule has 1 aromatic heterocycles. The van der Waals surface area contributed by atoms with Gasteiger partial charge in [0.1, 0.15) is 11.9 Å². The van der Waals surface area contributed by atoms with E-state index in [9.17, 15) is 22.8 Å². The van der Waals surface area contributed by atoms with Gasteiger partial charge in [-0.25, -0.2) is 4.98 Å². The van der Waals surface area contributed by atoms with Crippen molar-refractivity contribution in [1.82, 2.24) is 14.5 Å². The molecule has 39 heavy (non-hydrogen) atoms. The molecule has 1 N–H and O–H groups in total. The van der Waals surface area contributed by atoms with Crippen molar-refractivity contribution in [2.45, 2.75) is 25.1 Å². The second kappa shape index (κ2) is 10.4. The maximum Gasteiger partial charge on any atom is 0.416 e. The van der Waals surface area contributed by atoms with Crippen molar-refractivity contribution >= 4 is 46.4 Å². The van der Waals surface area contributed by atoms with Crippen LogP contribution in [0.5, 0.6) is 11.5 Å². The molecule has 9 nitrogen and oxygen atoms in total. The Kier molecular flexibility index (Phi) is 7.10. The Balaban J connectivity index is 1.26. The fraction of sp³-hybridized carbons (Fsp3) is 0.385. The average molecular weight is 562 g/mol. The van der Waals surface area contributed by atoms with Crippen molar-refractivity contribution in [3.05, 3.63) is 46.7 Å². The summed E-state index contributed by atoms with van der Waals surface area (Å²) in [6.45, 7) is 1.56. The largest absolute Gasteiger partial charge is 0.493 e. The predicted octanol–water partition coefficient (Wildman–Crippen LogP) is 4.42. The van der Waals surface area contributed by atoms with Gasteiger partial charge < -0.3 is 24.6 Å². The summed E-state index contributed by atoms with van der Waals surface area (Å²) in [5.74, 6) is 1.03. The molecule has 0 bridgehead atoms. The Morgan fingerprint density at radius 1 is 1.10 bits per heavy atom. The van der Waals surface area contributed by atoms with Crippen molar-refractivity contribution in [2.24, 2.45) is 0 Å². The number of alkyl halides is 3. The van der Waals surface area contributed by atoms with Crippen LogP contribution in [-0.4, -0.2) is 66.7 Å². The number of hydrogen-bond acceptors (Lipinski definition) is 7. The van der Waals surface area contributed by atoms with Gasteiger partial charge in [-0.05, 0) is 42.9 Å². The number of anilines is 2. The van der Waals surface area contributed by atoms with Crippen LogP contribution >= 0.6 is 12.2 Å². The molecule has 2 amide bonds. The smallest absolute Gasteiger partial charge is 0.416 e. The monoisotopic (exact) mass is 561 g/mol. The minimum atomic E-state index is -4.41. The maximum atomic E-state index is 13.1. The summed E-state index contributed by atoms with van der Waals surface area (Å²) in [7, 11) is 3.03. The van der Waals surface area contributed by atoms with E-state index in [2.05, 4.69) is 10.3 Å². The Morgan fingerprint density at radius 2 is 1.79 bits per heavy atom. The highest BCUT2D eigenvalue weighted by molar-refractivity contribution is 7.71. The SMILES string of the molecule is COc1cc2nc(=S)n3c(c2cc1OC)NC(=O)C3CCC(=O)N1CCN(c2cccc(C(F)(F)F)c2)CC1. The van der Waals surface area contributed by atoms with Crippen molar-refractivity contribution in [2.75, 3.05) is 50.6 Å². The number of fused-ring (bicyclic) bond motifs is 3. The van der Waals surface area contributed by atoms with Crippen LogP contribution in [0.4, 0.5) is 24.7 Å². The van der Waals surface area contributed by atoms with Gasteiger partial charge in [0.05, 0.1) is 25.3 Å². The summed E-state index contributed by atoms with van der Waals surface area (Å²) in [6.07, 6.45) is -4.09. The number of carbonyl (C=O) groups is 2. The van der Waals surface area contributed by atoms with E-state index in [0.717, 1.165) is 12.1 Å². The van der Waals surface area contributed by atoms with E-state index in [-0.39, 0.29) is 29.4 Å². The highest BCUT2D eigenvalue weighted by atomic mass is 32.1. The van der Waals surface area contributed by atoms with Crippen molar-refractivity contribution in [3.63, 3.8) is 0 Å². The zero-order valence-corrected chi connectivity index (χ0v) is 22.1. The third kappa shape index (κ3) is 5.10.